The Morgan fingerprint density at radius 3 is 2.91 bits per heavy atom. The van der Waals surface area contributed by atoms with Crippen LogP contribution < -0.4 is 10.2 Å². The van der Waals surface area contributed by atoms with E-state index in [9.17, 15) is 4.79 Å². The molecule has 1 fully saturated rings. The maximum absolute atomic E-state index is 11.9. The molecule has 1 aliphatic heterocycles. The van der Waals surface area contributed by atoms with Crippen molar-refractivity contribution in [3.05, 3.63) is 43.0 Å². The van der Waals surface area contributed by atoms with Crippen LogP contribution in [0.3, 0.4) is 0 Å². The number of nitrogens with zero attached hydrogens (tertiary/aromatic N) is 3. The number of hydrogen-bond donors (Lipinski definition) is 1. The van der Waals surface area contributed by atoms with E-state index in [1.165, 1.54) is 0 Å². The highest BCUT2D eigenvalue weighted by Crippen LogP contribution is 2.32. The van der Waals surface area contributed by atoms with E-state index in [0.29, 0.717) is 0 Å². The van der Waals surface area contributed by atoms with Crippen molar-refractivity contribution in [2.75, 3.05) is 25.0 Å². The largest absolute Gasteiger partial charge is 0.370 e. The average molecular weight is 296 g/mol. The number of piperidine rings is 1. The van der Waals surface area contributed by atoms with Crippen LogP contribution in [0.15, 0.2) is 43.0 Å². The maximum Gasteiger partial charge on any atom is 0.224 e. The highest BCUT2D eigenvalue weighted by molar-refractivity contribution is 5.81. The minimum absolute atomic E-state index is 0.0497. The molecule has 2 aromatic heterocycles. The lowest BCUT2D eigenvalue weighted by molar-refractivity contribution is -0.124. The van der Waals surface area contributed by atoms with Crippen molar-refractivity contribution in [2.24, 2.45) is 5.92 Å². The third-order valence-corrected chi connectivity index (χ3v) is 4.15. The molecule has 1 amide bonds. The lowest BCUT2D eigenvalue weighted by Gasteiger charge is -2.34. The fourth-order valence-electron chi connectivity index (χ4n) is 3.02. The first-order chi connectivity index (χ1) is 10.8. The highest BCUT2D eigenvalue weighted by atomic mass is 16.1. The van der Waals surface area contributed by atoms with E-state index >= 15 is 0 Å². The van der Waals surface area contributed by atoms with Crippen LogP contribution in [0.25, 0.3) is 11.1 Å². The Hall–Kier alpha value is -2.43. The third-order valence-electron chi connectivity index (χ3n) is 4.15. The molecule has 0 saturated carbocycles. The number of carbonyl (C=O) groups excluding carboxylic acids is 1. The van der Waals surface area contributed by atoms with Crippen LogP contribution >= 0.6 is 0 Å². The van der Waals surface area contributed by atoms with E-state index in [1.54, 1.807) is 19.4 Å². The molecule has 0 radical (unpaired) electrons. The standard InChI is InChI=1S/C17H20N4O/c1-18-17(22)14-5-3-9-21(12-14)16-6-8-20-11-15(16)13-4-2-7-19-10-13/h2,4,6-8,10-11,14H,3,5,9,12H2,1H3,(H,18,22). The van der Waals surface area contributed by atoms with E-state index < -0.39 is 0 Å². The van der Waals surface area contributed by atoms with Gasteiger partial charge < -0.3 is 10.2 Å². The second-order valence-corrected chi connectivity index (χ2v) is 5.53. The molecule has 0 spiro atoms. The Morgan fingerprint density at radius 1 is 1.27 bits per heavy atom. The molecule has 22 heavy (non-hydrogen) atoms. The van der Waals surface area contributed by atoms with Gasteiger partial charge in [-0.25, -0.2) is 0 Å². The summed E-state index contributed by atoms with van der Waals surface area (Å²) < 4.78 is 0. The van der Waals surface area contributed by atoms with Gasteiger partial charge in [-0.05, 0) is 25.0 Å². The molecule has 0 aromatic carbocycles. The predicted octanol–water partition coefficient (Wildman–Crippen LogP) is 2.11. The average Bonchev–Trinajstić information content (AvgIpc) is 2.62. The molecule has 1 N–H and O–H groups in total. The Kier molecular flexibility index (Phi) is 4.32. The van der Waals surface area contributed by atoms with Gasteiger partial charge in [-0.1, -0.05) is 6.07 Å². The zero-order chi connectivity index (χ0) is 15.4. The molecule has 1 unspecified atom stereocenters. The topological polar surface area (TPSA) is 58.1 Å². The normalized spacial score (nSPS) is 18.0. The first-order valence-electron chi connectivity index (χ1n) is 7.60. The summed E-state index contributed by atoms with van der Waals surface area (Å²) in [5.74, 6) is 0.176. The lowest BCUT2D eigenvalue weighted by Crippen LogP contribution is -2.42. The molecule has 114 valence electrons. The summed E-state index contributed by atoms with van der Waals surface area (Å²) in [6, 6.07) is 5.98. The second kappa shape index (κ2) is 6.56. The molecule has 0 aliphatic carbocycles. The Bertz CT molecular complexity index is 644. The Morgan fingerprint density at radius 2 is 2.14 bits per heavy atom. The number of rotatable bonds is 3. The first-order valence-corrected chi connectivity index (χ1v) is 7.60. The van der Waals surface area contributed by atoms with Crippen molar-refractivity contribution in [3.63, 3.8) is 0 Å². The minimum Gasteiger partial charge on any atom is -0.370 e. The molecular weight excluding hydrogens is 276 g/mol. The van der Waals surface area contributed by atoms with Gasteiger partial charge in [0.2, 0.25) is 5.91 Å². The van der Waals surface area contributed by atoms with Gasteiger partial charge in [0.1, 0.15) is 0 Å². The van der Waals surface area contributed by atoms with Crippen molar-refractivity contribution in [3.8, 4) is 11.1 Å². The minimum atomic E-state index is 0.0497. The summed E-state index contributed by atoms with van der Waals surface area (Å²) >= 11 is 0. The van der Waals surface area contributed by atoms with Crippen LogP contribution in [-0.4, -0.2) is 36.0 Å². The van der Waals surface area contributed by atoms with E-state index in [4.69, 9.17) is 0 Å². The molecular formula is C17H20N4O. The molecule has 1 saturated heterocycles. The van der Waals surface area contributed by atoms with Crippen LogP contribution in [0.5, 0.6) is 0 Å². The summed E-state index contributed by atoms with van der Waals surface area (Å²) in [6.45, 7) is 1.71. The zero-order valence-electron chi connectivity index (χ0n) is 12.7. The fraction of sp³-hybridized carbons (Fsp3) is 0.353. The van der Waals surface area contributed by atoms with E-state index in [0.717, 1.165) is 42.7 Å². The van der Waals surface area contributed by atoms with Crippen molar-refractivity contribution in [2.45, 2.75) is 12.8 Å². The Labute approximate surface area is 130 Å². The molecule has 2 aromatic rings. The lowest BCUT2D eigenvalue weighted by atomic mass is 9.95. The van der Waals surface area contributed by atoms with E-state index in [1.807, 2.05) is 30.6 Å². The smallest absolute Gasteiger partial charge is 0.224 e. The molecule has 5 nitrogen and oxygen atoms in total. The number of nitrogens with one attached hydrogen (secondary N) is 1. The number of amides is 1. The van der Waals surface area contributed by atoms with Gasteiger partial charge in [0.25, 0.3) is 0 Å². The summed E-state index contributed by atoms with van der Waals surface area (Å²) in [6.07, 6.45) is 9.26. The molecule has 1 atom stereocenters. The SMILES string of the molecule is CNC(=O)C1CCCN(c2ccncc2-c2cccnc2)C1. The van der Waals surface area contributed by atoms with Gasteiger partial charge in [0, 0.05) is 61.7 Å². The summed E-state index contributed by atoms with van der Waals surface area (Å²) in [7, 11) is 1.70. The van der Waals surface area contributed by atoms with Gasteiger partial charge in [-0.2, -0.15) is 0 Å². The third kappa shape index (κ3) is 2.93. The Balaban J connectivity index is 1.90. The highest BCUT2D eigenvalue weighted by Gasteiger charge is 2.26. The van der Waals surface area contributed by atoms with Gasteiger partial charge >= 0.3 is 0 Å². The number of hydrogen-bond acceptors (Lipinski definition) is 4. The maximum atomic E-state index is 11.9. The monoisotopic (exact) mass is 296 g/mol. The predicted molar refractivity (Wildman–Crippen MR) is 86.5 cm³/mol. The van der Waals surface area contributed by atoms with Crippen molar-refractivity contribution >= 4 is 11.6 Å². The summed E-state index contributed by atoms with van der Waals surface area (Å²) in [5.41, 5.74) is 3.23. The number of aromatic nitrogens is 2. The number of carbonyl (C=O) groups is 1. The van der Waals surface area contributed by atoms with Crippen LogP contribution in [0.2, 0.25) is 0 Å². The second-order valence-electron chi connectivity index (χ2n) is 5.53. The molecule has 5 heteroatoms. The quantitative estimate of drug-likeness (QED) is 0.942. The first kappa shape index (κ1) is 14.5. The van der Waals surface area contributed by atoms with E-state index in [2.05, 4.69) is 20.2 Å². The van der Waals surface area contributed by atoms with Crippen molar-refractivity contribution in [1.29, 1.82) is 0 Å². The van der Waals surface area contributed by atoms with Crippen molar-refractivity contribution in [1.82, 2.24) is 15.3 Å². The zero-order valence-corrected chi connectivity index (χ0v) is 12.7. The number of pyridine rings is 2. The van der Waals surface area contributed by atoms with Crippen LogP contribution in [-0.2, 0) is 4.79 Å². The van der Waals surface area contributed by atoms with E-state index in [-0.39, 0.29) is 11.8 Å². The van der Waals surface area contributed by atoms with Crippen LogP contribution in [0.4, 0.5) is 5.69 Å². The molecule has 3 heterocycles. The van der Waals surface area contributed by atoms with Crippen LogP contribution in [0, 0.1) is 5.92 Å². The molecule has 1 aliphatic rings. The van der Waals surface area contributed by atoms with Gasteiger partial charge in [0.05, 0.1) is 5.92 Å². The molecule has 3 rings (SSSR count). The van der Waals surface area contributed by atoms with Crippen molar-refractivity contribution < 1.29 is 4.79 Å². The summed E-state index contributed by atoms with van der Waals surface area (Å²) in [4.78, 5) is 22.7. The van der Waals surface area contributed by atoms with Gasteiger partial charge in [0.15, 0.2) is 0 Å². The number of anilines is 1. The molecule has 0 bridgehead atoms. The van der Waals surface area contributed by atoms with Crippen LogP contribution in [0.1, 0.15) is 12.8 Å². The van der Waals surface area contributed by atoms with Gasteiger partial charge in [-0.15, -0.1) is 0 Å². The fourth-order valence-corrected chi connectivity index (χ4v) is 3.02. The summed E-state index contributed by atoms with van der Waals surface area (Å²) in [5, 5.41) is 2.77. The van der Waals surface area contributed by atoms with Gasteiger partial charge in [-0.3, -0.25) is 14.8 Å².